The van der Waals surface area contributed by atoms with Crippen molar-refractivity contribution in [3.63, 3.8) is 0 Å². The quantitative estimate of drug-likeness (QED) is 0.921. The van der Waals surface area contributed by atoms with E-state index in [1.165, 1.54) is 11.3 Å². The Labute approximate surface area is 111 Å². The highest BCUT2D eigenvalue weighted by molar-refractivity contribution is 7.15. The van der Waals surface area contributed by atoms with Gasteiger partial charge in [-0.3, -0.25) is 9.97 Å². The second-order valence-electron chi connectivity index (χ2n) is 4.69. The van der Waals surface area contributed by atoms with Gasteiger partial charge in [0.05, 0.1) is 22.4 Å². The van der Waals surface area contributed by atoms with E-state index in [4.69, 9.17) is 0 Å². The molecule has 2 heterocycles. The van der Waals surface area contributed by atoms with Crippen LogP contribution < -0.4 is 0 Å². The Balaban J connectivity index is 2.46. The van der Waals surface area contributed by atoms with Gasteiger partial charge in [0.2, 0.25) is 0 Å². The molecule has 0 radical (unpaired) electrons. The monoisotopic (exact) mass is 263 g/mol. The van der Waals surface area contributed by atoms with Crippen molar-refractivity contribution in [2.45, 2.75) is 39.2 Å². The van der Waals surface area contributed by atoms with Crippen LogP contribution in [-0.2, 0) is 12.0 Å². The Morgan fingerprint density at radius 1 is 1.33 bits per heavy atom. The first-order valence-electron chi connectivity index (χ1n) is 6.01. The highest BCUT2D eigenvalue weighted by Crippen LogP contribution is 2.34. The summed E-state index contributed by atoms with van der Waals surface area (Å²) in [6, 6.07) is 0. The minimum Gasteiger partial charge on any atom is -0.385 e. The lowest BCUT2D eigenvalue weighted by Crippen LogP contribution is -2.15. The van der Waals surface area contributed by atoms with Gasteiger partial charge in [0.25, 0.3) is 0 Å². The first-order chi connectivity index (χ1) is 8.52. The molecule has 0 amide bonds. The molecular formula is C13H17N3OS. The number of aromatic nitrogens is 3. The fraction of sp³-hybridized carbons (Fsp3) is 0.462. The van der Waals surface area contributed by atoms with Crippen LogP contribution in [0.2, 0.25) is 0 Å². The SMILES string of the molecule is CCCc1nc(-c2cnccn2)sc1C(C)(C)O. The van der Waals surface area contributed by atoms with E-state index in [0.29, 0.717) is 0 Å². The minimum absolute atomic E-state index is 0.760. The van der Waals surface area contributed by atoms with Gasteiger partial charge < -0.3 is 5.11 Å². The van der Waals surface area contributed by atoms with Crippen LogP contribution in [0.25, 0.3) is 10.7 Å². The average molecular weight is 263 g/mol. The van der Waals surface area contributed by atoms with Gasteiger partial charge in [-0.15, -0.1) is 11.3 Å². The summed E-state index contributed by atoms with van der Waals surface area (Å²) in [4.78, 5) is 13.8. The Morgan fingerprint density at radius 2 is 2.11 bits per heavy atom. The van der Waals surface area contributed by atoms with Gasteiger partial charge in [0.15, 0.2) is 0 Å². The molecule has 0 aromatic carbocycles. The number of aryl methyl sites for hydroxylation is 1. The third-order valence-electron chi connectivity index (χ3n) is 2.52. The molecule has 96 valence electrons. The van der Waals surface area contributed by atoms with Gasteiger partial charge in [-0.05, 0) is 20.3 Å². The molecule has 1 N–H and O–H groups in total. The molecule has 0 saturated heterocycles. The van der Waals surface area contributed by atoms with E-state index in [1.54, 1.807) is 32.4 Å². The van der Waals surface area contributed by atoms with Gasteiger partial charge in [-0.1, -0.05) is 13.3 Å². The molecule has 4 nitrogen and oxygen atoms in total. The van der Waals surface area contributed by atoms with E-state index in [-0.39, 0.29) is 0 Å². The fourth-order valence-electron chi connectivity index (χ4n) is 1.76. The van der Waals surface area contributed by atoms with E-state index in [0.717, 1.165) is 34.1 Å². The zero-order chi connectivity index (χ0) is 13.2. The predicted molar refractivity (Wildman–Crippen MR) is 72.4 cm³/mol. The first kappa shape index (κ1) is 13.1. The molecule has 0 saturated carbocycles. The zero-order valence-electron chi connectivity index (χ0n) is 10.8. The maximum atomic E-state index is 10.2. The molecule has 2 aromatic rings. The van der Waals surface area contributed by atoms with E-state index >= 15 is 0 Å². The second kappa shape index (κ2) is 5.12. The van der Waals surface area contributed by atoms with Gasteiger partial charge in [-0.25, -0.2) is 4.98 Å². The molecule has 0 aliphatic heterocycles. The van der Waals surface area contributed by atoms with Crippen molar-refractivity contribution in [2.75, 3.05) is 0 Å². The third-order valence-corrected chi connectivity index (χ3v) is 3.96. The minimum atomic E-state index is -0.859. The van der Waals surface area contributed by atoms with Gasteiger partial charge in [0.1, 0.15) is 10.7 Å². The number of hydrogen-bond donors (Lipinski definition) is 1. The Bertz CT molecular complexity index is 517. The molecule has 0 atom stereocenters. The van der Waals surface area contributed by atoms with E-state index in [9.17, 15) is 5.11 Å². The molecule has 0 spiro atoms. The zero-order valence-corrected chi connectivity index (χ0v) is 11.7. The molecule has 0 aliphatic carbocycles. The summed E-state index contributed by atoms with van der Waals surface area (Å²) >= 11 is 1.50. The predicted octanol–water partition coefficient (Wildman–Crippen LogP) is 2.78. The van der Waals surface area contributed by atoms with Crippen molar-refractivity contribution in [2.24, 2.45) is 0 Å². The summed E-state index contributed by atoms with van der Waals surface area (Å²) in [6.07, 6.45) is 6.87. The van der Waals surface area contributed by atoms with Crippen LogP contribution in [0.3, 0.4) is 0 Å². The second-order valence-corrected chi connectivity index (χ2v) is 5.69. The number of rotatable bonds is 4. The summed E-state index contributed by atoms with van der Waals surface area (Å²) < 4.78 is 0. The lowest BCUT2D eigenvalue weighted by molar-refractivity contribution is 0.0813. The molecule has 2 rings (SSSR count). The largest absolute Gasteiger partial charge is 0.385 e. The molecule has 0 unspecified atom stereocenters. The van der Waals surface area contributed by atoms with E-state index in [2.05, 4.69) is 21.9 Å². The number of hydrogen-bond acceptors (Lipinski definition) is 5. The van der Waals surface area contributed by atoms with Gasteiger partial charge >= 0.3 is 0 Å². The van der Waals surface area contributed by atoms with Crippen molar-refractivity contribution in [1.29, 1.82) is 0 Å². The van der Waals surface area contributed by atoms with Gasteiger partial charge in [0, 0.05) is 12.4 Å². The molecule has 0 fully saturated rings. The molecule has 18 heavy (non-hydrogen) atoms. The Morgan fingerprint density at radius 3 is 2.67 bits per heavy atom. The fourth-order valence-corrected chi connectivity index (χ4v) is 2.83. The maximum Gasteiger partial charge on any atom is 0.144 e. The van der Waals surface area contributed by atoms with Crippen LogP contribution >= 0.6 is 11.3 Å². The molecule has 5 heteroatoms. The van der Waals surface area contributed by atoms with Crippen molar-refractivity contribution in [3.8, 4) is 10.7 Å². The molecular weight excluding hydrogens is 246 g/mol. The summed E-state index contributed by atoms with van der Waals surface area (Å²) in [5.74, 6) is 0. The van der Waals surface area contributed by atoms with E-state index < -0.39 is 5.60 Å². The molecule has 2 aromatic heterocycles. The summed E-state index contributed by atoms with van der Waals surface area (Å²) in [5.41, 5.74) is 0.869. The lowest BCUT2D eigenvalue weighted by Gasteiger charge is -2.16. The summed E-state index contributed by atoms with van der Waals surface area (Å²) in [7, 11) is 0. The Kier molecular flexibility index (Phi) is 3.73. The Hall–Kier alpha value is -1.33. The standard InChI is InChI=1S/C13H17N3OS/c1-4-5-9-11(13(2,3)17)18-12(16-9)10-8-14-6-7-15-10/h6-8,17H,4-5H2,1-3H3. The van der Waals surface area contributed by atoms with Crippen molar-refractivity contribution >= 4 is 11.3 Å². The van der Waals surface area contributed by atoms with Crippen molar-refractivity contribution in [1.82, 2.24) is 15.0 Å². The number of thiazole rings is 1. The third kappa shape index (κ3) is 2.73. The highest BCUT2D eigenvalue weighted by atomic mass is 32.1. The van der Waals surface area contributed by atoms with Crippen LogP contribution in [0.4, 0.5) is 0 Å². The summed E-state index contributed by atoms with van der Waals surface area (Å²) in [6.45, 7) is 5.69. The van der Waals surface area contributed by atoms with Crippen LogP contribution in [-0.4, -0.2) is 20.1 Å². The summed E-state index contributed by atoms with van der Waals surface area (Å²) in [5, 5.41) is 11.0. The average Bonchev–Trinajstić information content (AvgIpc) is 2.75. The highest BCUT2D eigenvalue weighted by Gasteiger charge is 2.25. The number of aliphatic hydroxyl groups is 1. The topological polar surface area (TPSA) is 58.9 Å². The van der Waals surface area contributed by atoms with Crippen molar-refractivity contribution < 1.29 is 5.11 Å². The normalized spacial score (nSPS) is 11.8. The van der Waals surface area contributed by atoms with E-state index in [1.807, 2.05) is 0 Å². The molecule has 0 bridgehead atoms. The van der Waals surface area contributed by atoms with Crippen LogP contribution in [0, 0.1) is 0 Å². The number of nitrogens with zero attached hydrogens (tertiary/aromatic N) is 3. The van der Waals surface area contributed by atoms with Crippen molar-refractivity contribution in [3.05, 3.63) is 29.2 Å². The van der Waals surface area contributed by atoms with Crippen LogP contribution in [0.1, 0.15) is 37.8 Å². The first-order valence-corrected chi connectivity index (χ1v) is 6.83. The molecule has 0 aliphatic rings. The van der Waals surface area contributed by atoms with Crippen LogP contribution in [0.5, 0.6) is 0 Å². The lowest BCUT2D eigenvalue weighted by atomic mass is 10.0. The van der Waals surface area contributed by atoms with Crippen LogP contribution in [0.15, 0.2) is 18.6 Å². The maximum absolute atomic E-state index is 10.2. The smallest absolute Gasteiger partial charge is 0.144 e. The van der Waals surface area contributed by atoms with Gasteiger partial charge in [-0.2, -0.15) is 0 Å².